The van der Waals surface area contributed by atoms with E-state index in [1.54, 1.807) is 24.3 Å². The Hall–Kier alpha value is -4.03. The quantitative estimate of drug-likeness (QED) is 0.620. The van der Waals surface area contributed by atoms with Crippen LogP contribution in [0.15, 0.2) is 59.5 Å². The molecule has 3 aromatic rings. The van der Waals surface area contributed by atoms with Crippen molar-refractivity contribution >= 4 is 11.8 Å². The Labute approximate surface area is 189 Å². The number of hydrogen-bond donors (Lipinski definition) is 1. The zero-order chi connectivity index (χ0) is 23.4. The number of carbonyl (C=O) groups is 1. The first kappa shape index (κ1) is 22.2. The highest BCUT2D eigenvalue weighted by Crippen LogP contribution is 2.22. The van der Waals surface area contributed by atoms with Gasteiger partial charge in [0.2, 0.25) is 5.43 Å². The number of amides is 1. The summed E-state index contributed by atoms with van der Waals surface area (Å²) in [5.74, 6) is -0.447. The van der Waals surface area contributed by atoms with E-state index < -0.39 is 11.9 Å². The van der Waals surface area contributed by atoms with E-state index in [9.17, 15) is 19.1 Å². The smallest absolute Gasteiger partial charge is 0.411 e. The molecular formula is C24H21FN4O4. The number of nitrogens with zero attached hydrogens (tertiary/aromatic N) is 4. The molecule has 1 fully saturated rings. The van der Waals surface area contributed by atoms with Crippen LogP contribution in [0, 0.1) is 23.1 Å². The lowest BCUT2D eigenvalue weighted by Gasteiger charge is -2.22. The summed E-state index contributed by atoms with van der Waals surface area (Å²) in [6, 6.07) is 14.0. The standard InChI is InChI=1S/C24H21FN4O4/c25-19-8-18(13-26)10-21(12-19)29-6-4-23(30)22(27-29)11-16-2-1-3-20(9-16)28(24(31)32)14-17-5-7-33-15-17/h1-4,6,8-10,12,17H,5,7,11,14-15H2,(H,31,32). The van der Waals surface area contributed by atoms with Crippen LogP contribution >= 0.6 is 0 Å². The Morgan fingerprint density at radius 1 is 1.30 bits per heavy atom. The maximum absolute atomic E-state index is 13.8. The largest absolute Gasteiger partial charge is 0.465 e. The highest BCUT2D eigenvalue weighted by molar-refractivity contribution is 5.86. The van der Waals surface area contributed by atoms with Crippen molar-refractivity contribution in [1.82, 2.24) is 9.78 Å². The number of nitriles is 1. The van der Waals surface area contributed by atoms with Crippen LogP contribution in [0.1, 0.15) is 23.2 Å². The third-order valence-electron chi connectivity index (χ3n) is 5.45. The number of anilines is 1. The fourth-order valence-electron chi connectivity index (χ4n) is 3.79. The number of aromatic nitrogens is 2. The first-order chi connectivity index (χ1) is 15.9. The van der Waals surface area contributed by atoms with Gasteiger partial charge in [-0.3, -0.25) is 9.69 Å². The van der Waals surface area contributed by atoms with Gasteiger partial charge in [-0.05, 0) is 42.3 Å². The summed E-state index contributed by atoms with van der Waals surface area (Å²) >= 11 is 0. The predicted molar refractivity (Wildman–Crippen MR) is 118 cm³/mol. The van der Waals surface area contributed by atoms with Gasteiger partial charge in [-0.1, -0.05) is 12.1 Å². The van der Waals surface area contributed by atoms with Crippen molar-refractivity contribution in [2.24, 2.45) is 5.92 Å². The first-order valence-corrected chi connectivity index (χ1v) is 10.4. The molecule has 0 radical (unpaired) electrons. The lowest BCUT2D eigenvalue weighted by Crippen LogP contribution is -2.34. The Morgan fingerprint density at radius 2 is 2.15 bits per heavy atom. The van der Waals surface area contributed by atoms with E-state index in [-0.39, 0.29) is 29.0 Å². The molecule has 1 unspecified atom stereocenters. The fourth-order valence-corrected chi connectivity index (χ4v) is 3.79. The third kappa shape index (κ3) is 5.25. The highest BCUT2D eigenvalue weighted by atomic mass is 19.1. The van der Waals surface area contributed by atoms with Gasteiger partial charge in [0.25, 0.3) is 0 Å². The van der Waals surface area contributed by atoms with E-state index >= 15 is 0 Å². The van der Waals surface area contributed by atoms with E-state index in [4.69, 9.17) is 10.00 Å². The predicted octanol–water partition coefficient (Wildman–Crippen LogP) is 3.35. The normalized spacial score (nSPS) is 15.2. The summed E-state index contributed by atoms with van der Waals surface area (Å²) in [5, 5.41) is 23.1. The number of rotatable bonds is 6. The molecule has 1 aliphatic heterocycles. The zero-order valence-electron chi connectivity index (χ0n) is 17.6. The number of ether oxygens (including phenoxy) is 1. The molecule has 0 aliphatic carbocycles. The van der Waals surface area contributed by atoms with Crippen molar-refractivity contribution in [3.8, 4) is 11.8 Å². The molecule has 2 aromatic carbocycles. The average molecular weight is 448 g/mol. The molecule has 1 aromatic heterocycles. The third-order valence-corrected chi connectivity index (χ3v) is 5.45. The molecule has 0 bridgehead atoms. The van der Waals surface area contributed by atoms with Gasteiger partial charge in [0.1, 0.15) is 11.5 Å². The maximum atomic E-state index is 13.8. The number of halogens is 1. The first-order valence-electron chi connectivity index (χ1n) is 10.4. The summed E-state index contributed by atoms with van der Waals surface area (Å²) in [4.78, 5) is 25.6. The fraction of sp³-hybridized carbons (Fsp3) is 0.250. The van der Waals surface area contributed by atoms with Crippen molar-refractivity contribution in [3.05, 3.63) is 87.6 Å². The van der Waals surface area contributed by atoms with Gasteiger partial charge in [-0.15, -0.1) is 0 Å². The van der Waals surface area contributed by atoms with E-state index in [2.05, 4.69) is 5.10 Å². The molecule has 9 heteroatoms. The van der Waals surface area contributed by atoms with Crippen LogP contribution in [0.3, 0.4) is 0 Å². The number of hydrogen-bond acceptors (Lipinski definition) is 5. The second kappa shape index (κ2) is 9.63. The molecule has 1 saturated heterocycles. The maximum Gasteiger partial charge on any atom is 0.411 e. The SMILES string of the molecule is N#Cc1cc(F)cc(-n2ccc(=O)c(Cc3cccc(N(CC4CCOC4)C(=O)O)c3)n2)c1. The van der Waals surface area contributed by atoms with Crippen LogP contribution in [0.25, 0.3) is 5.69 Å². The molecule has 4 rings (SSSR count). The van der Waals surface area contributed by atoms with Crippen LogP contribution in [0.5, 0.6) is 0 Å². The minimum Gasteiger partial charge on any atom is -0.465 e. The molecule has 33 heavy (non-hydrogen) atoms. The Bertz CT molecular complexity index is 1280. The van der Waals surface area contributed by atoms with Gasteiger partial charge in [0, 0.05) is 43.4 Å². The molecule has 0 saturated carbocycles. The molecular weight excluding hydrogens is 427 g/mol. The van der Waals surface area contributed by atoms with Crippen molar-refractivity contribution in [1.29, 1.82) is 5.26 Å². The average Bonchev–Trinajstić information content (AvgIpc) is 3.32. The lowest BCUT2D eigenvalue weighted by molar-refractivity contribution is 0.183. The molecule has 1 N–H and O–H groups in total. The van der Waals surface area contributed by atoms with Crippen molar-refractivity contribution < 1.29 is 19.0 Å². The second-order valence-electron chi connectivity index (χ2n) is 7.85. The molecule has 1 aliphatic rings. The Balaban J connectivity index is 1.61. The molecule has 0 spiro atoms. The summed E-state index contributed by atoms with van der Waals surface area (Å²) < 4.78 is 20.5. The second-order valence-corrected chi connectivity index (χ2v) is 7.85. The van der Waals surface area contributed by atoms with Crippen molar-refractivity contribution in [2.45, 2.75) is 12.8 Å². The Morgan fingerprint density at radius 3 is 2.88 bits per heavy atom. The minimum atomic E-state index is -1.06. The van der Waals surface area contributed by atoms with Crippen LogP contribution in [-0.4, -0.2) is 40.7 Å². The number of benzene rings is 2. The van der Waals surface area contributed by atoms with Crippen LogP contribution in [-0.2, 0) is 11.2 Å². The van der Waals surface area contributed by atoms with Gasteiger partial charge in [0.15, 0.2) is 0 Å². The van der Waals surface area contributed by atoms with Crippen LogP contribution in [0.2, 0.25) is 0 Å². The minimum absolute atomic E-state index is 0.136. The molecule has 8 nitrogen and oxygen atoms in total. The van der Waals surface area contributed by atoms with Crippen LogP contribution < -0.4 is 10.3 Å². The van der Waals surface area contributed by atoms with Gasteiger partial charge in [-0.2, -0.15) is 10.4 Å². The zero-order valence-corrected chi connectivity index (χ0v) is 17.6. The van der Waals surface area contributed by atoms with Gasteiger partial charge >= 0.3 is 6.09 Å². The van der Waals surface area contributed by atoms with E-state index in [0.717, 1.165) is 12.5 Å². The van der Waals surface area contributed by atoms with Gasteiger partial charge in [0.05, 0.1) is 23.9 Å². The summed E-state index contributed by atoms with van der Waals surface area (Å²) in [7, 11) is 0. The van der Waals surface area contributed by atoms with Crippen molar-refractivity contribution in [2.75, 3.05) is 24.7 Å². The molecule has 1 amide bonds. The molecule has 2 heterocycles. The van der Waals surface area contributed by atoms with Gasteiger partial charge < -0.3 is 9.84 Å². The number of carboxylic acid groups (broad SMARTS) is 1. The highest BCUT2D eigenvalue weighted by Gasteiger charge is 2.23. The van der Waals surface area contributed by atoms with Crippen molar-refractivity contribution in [3.63, 3.8) is 0 Å². The monoisotopic (exact) mass is 448 g/mol. The van der Waals surface area contributed by atoms with E-state index in [1.165, 1.54) is 34.0 Å². The van der Waals surface area contributed by atoms with E-state index in [1.807, 2.05) is 6.07 Å². The van der Waals surface area contributed by atoms with Crippen LogP contribution in [0.4, 0.5) is 14.9 Å². The van der Waals surface area contributed by atoms with Gasteiger partial charge in [-0.25, -0.2) is 13.9 Å². The summed E-state index contributed by atoms with van der Waals surface area (Å²) in [6.45, 7) is 1.49. The summed E-state index contributed by atoms with van der Waals surface area (Å²) in [5.41, 5.74) is 1.58. The molecule has 168 valence electrons. The molecule has 1 atom stereocenters. The Kier molecular flexibility index (Phi) is 6.47. The van der Waals surface area contributed by atoms with E-state index in [0.29, 0.717) is 36.7 Å². The topological polar surface area (TPSA) is 108 Å². The summed E-state index contributed by atoms with van der Waals surface area (Å²) in [6.07, 6.45) is 1.32. The lowest BCUT2D eigenvalue weighted by atomic mass is 10.1.